The van der Waals surface area contributed by atoms with Gasteiger partial charge in [0.25, 0.3) is 0 Å². The van der Waals surface area contributed by atoms with E-state index in [0.29, 0.717) is 6.54 Å². The van der Waals surface area contributed by atoms with Crippen LogP contribution in [0.3, 0.4) is 0 Å². The van der Waals surface area contributed by atoms with Gasteiger partial charge in [0, 0.05) is 20.0 Å². The maximum absolute atomic E-state index is 11.9. The van der Waals surface area contributed by atoms with Crippen molar-refractivity contribution in [1.29, 1.82) is 0 Å². The molecule has 1 aliphatic heterocycles. The summed E-state index contributed by atoms with van der Waals surface area (Å²) >= 11 is 0. The average molecular weight is 471 g/mol. The van der Waals surface area contributed by atoms with E-state index in [1.807, 2.05) is 31.3 Å². The summed E-state index contributed by atoms with van der Waals surface area (Å²) in [5.74, 6) is -0.511. The predicted molar refractivity (Wildman–Crippen MR) is 116 cm³/mol. The van der Waals surface area contributed by atoms with E-state index in [-0.39, 0.29) is 39.6 Å². The minimum atomic E-state index is -1.02. The summed E-state index contributed by atoms with van der Waals surface area (Å²) in [6.07, 6.45) is -3.32. The van der Waals surface area contributed by atoms with Gasteiger partial charge < -0.3 is 44.5 Å². The quantitative estimate of drug-likeness (QED) is 0.268. The first-order chi connectivity index (χ1) is 15.9. The number of esters is 1. The summed E-state index contributed by atoms with van der Waals surface area (Å²) in [5.41, 5.74) is 2.07. The molecule has 4 N–H and O–H groups in total. The molecule has 4 atom stereocenters. The highest BCUT2D eigenvalue weighted by Crippen LogP contribution is 2.15. The molecule has 0 saturated carbocycles. The number of amides is 1. The molecule has 11 heteroatoms. The third-order valence-electron chi connectivity index (χ3n) is 4.76. The minimum absolute atomic E-state index is 0.00593. The van der Waals surface area contributed by atoms with Gasteiger partial charge in [0.1, 0.15) is 31.0 Å². The molecule has 1 saturated heterocycles. The molecule has 0 aliphatic carbocycles. The lowest BCUT2D eigenvalue weighted by molar-refractivity contribution is -0.155. The summed E-state index contributed by atoms with van der Waals surface area (Å²) in [6.45, 7) is 2.19. The van der Waals surface area contributed by atoms with E-state index in [4.69, 9.17) is 23.7 Å². The van der Waals surface area contributed by atoms with Crippen molar-refractivity contribution in [2.24, 2.45) is 0 Å². The first-order valence-corrected chi connectivity index (χ1v) is 10.8. The van der Waals surface area contributed by atoms with Gasteiger partial charge in [-0.05, 0) is 18.2 Å². The highest BCUT2D eigenvalue weighted by atomic mass is 16.6. The van der Waals surface area contributed by atoms with Crippen LogP contribution in [0, 0.1) is 0 Å². The van der Waals surface area contributed by atoms with Crippen LogP contribution in [-0.2, 0) is 41.6 Å². The van der Waals surface area contributed by atoms with Gasteiger partial charge >= 0.3 is 12.1 Å². The van der Waals surface area contributed by atoms with Crippen molar-refractivity contribution in [3.63, 3.8) is 0 Å². The zero-order valence-corrected chi connectivity index (χ0v) is 19.0. The lowest BCUT2D eigenvalue weighted by Crippen LogP contribution is -2.37. The molecule has 1 fully saturated rings. The van der Waals surface area contributed by atoms with Crippen LogP contribution in [0.15, 0.2) is 24.3 Å². The van der Waals surface area contributed by atoms with Gasteiger partial charge in [-0.2, -0.15) is 0 Å². The molecule has 33 heavy (non-hydrogen) atoms. The largest absolute Gasteiger partial charge is 0.458 e. The van der Waals surface area contributed by atoms with Crippen LogP contribution in [0.25, 0.3) is 0 Å². The Kier molecular flexibility index (Phi) is 12.1. The van der Waals surface area contributed by atoms with Crippen LogP contribution in [0.4, 0.5) is 4.79 Å². The lowest BCUT2D eigenvalue weighted by Gasteiger charge is -2.22. The number of carbonyl (C=O) groups excluding carboxylic acids is 2. The van der Waals surface area contributed by atoms with Crippen LogP contribution in [0.5, 0.6) is 0 Å². The number of nitrogens with one attached hydrogen (secondary N) is 2. The van der Waals surface area contributed by atoms with Crippen LogP contribution >= 0.6 is 0 Å². The molecule has 4 unspecified atom stereocenters. The highest BCUT2D eigenvalue weighted by Gasteiger charge is 2.31. The van der Waals surface area contributed by atoms with Gasteiger partial charge in [-0.3, -0.25) is 4.79 Å². The molecule has 0 spiro atoms. The van der Waals surface area contributed by atoms with Crippen LogP contribution in [0.2, 0.25) is 0 Å². The molecule has 11 nitrogen and oxygen atoms in total. The molecule has 1 aromatic rings. The number of aliphatic hydroxyl groups is 2. The minimum Gasteiger partial charge on any atom is -0.458 e. The standard InChI is InChI=1S/C22H34N2O9/c1-15(26)33-19(9-25)12-31-21-14-29-13-20(21)30-10-18(27)11-32-22(28)24-8-17-5-3-16(4-6-17)7-23-2/h3-6,18-21,23,25,27H,7-14H2,1-2H3,(H,24,28). The normalized spacial score (nSPS) is 19.6. The van der Waals surface area contributed by atoms with E-state index in [0.717, 1.165) is 17.7 Å². The number of ether oxygens (including phenoxy) is 5. The second-order valence-electron chi connectivity index (χ2n) is 7.65. The van der Waals surface area contributed by atoms with Crippen molar-refractivity contribution in [1.82, 2.24) is 10.6 Å². The third-order valence-corrected chi connectivity index (χ3v) is 4.76. The Morgan fingerprint density at radius 3 is 2.24 bits per heavy atom. The Morgan fingerprint density at radius 1 is 1.06 bits per heavy atom. The van der Waals surface area contributed by atoms with E-state index in [1.54, 1.807) is 0 Å². The zero-order chi connectivity index (χ0) is 24.1. The van der Waals surface area contributed by atoms with Gasteiger partial charge in [-0.1, -0.05) is 24.3 Å². The topological polar surface area (TPSA) is 145 Å². The van der Waals surface area contributed by atoms with Crippen molar-refractivity contribution < 1.29 is 43.5 Å². The number of aliphatic hydroxyl groups excluding tert-OH is 2. The smallest absolute Gasteiger partial charge is 0.407 e. The molecular formula is C22H34N2O9. The molecule has 1 aromatic carbocycles. The third kappa shape index (κ3) is 10.5. The van der Waals surface area contributed by atoms with E-state index >= 15 is 0 Å². The summed E-state index contributed by atoms with van der Waals surface area (Å²) in [6, 6.07) is 7.80. The zero-order valence-electron chi connectivity index (χ0n) is 19.0. The van der Waals surface area contributed by atoms with E-state index in [9.17, 15) is 19.8 Å². The van der Waals surface area contributed by atoms with Gasteiger partial charge in [0.2, 0.25) is 0 Å². The molecule has 2 rings (SSSR count). The fourth-order valence-corrected chi connectivity index (χ4v) is 3.07. The van der Waals surface area contributed by atoms with Gasteiger partial charge in [0.15, 0.2) is 0 Å². The number of hydrogen-bond acceptors (Lipinski definition) is 10. The molecule has 0 bridgehead atoms. The molecule has 1 amide bonds. The second kappa shape index (κ2) is 14.8. The summed E-state index contributed by atoms with van der Waals surface area (Å²) in [4.78, 5) is 22.9. The number of hydrogen-bond donors (Lipinski definition) is 4. The SMILES string of the molecule is CNCc1ccc(CNC(=O)OCC(O)COC2COCC2OCC(CO)OC(C)=O)cc1. The Morgan fingerprint density at radius 2 is 1.67 bits per heavy atom. The number of carbonyl (C=O) groups is 2. The van der Waals surface area contributed by atoms with Crippen LogP contribution < -0.4 is 10.6 Å². The summed E-state index contributed by atoms with van der Waals surface area (Å²) < 4.78 is 26.5. The van der Waals surface area contributed by atoms with Gasteiger partial charge in [-0.15, -0.1) is 0 Å². The van der Waals surface area contributed by atoms with Gasteiger partial charge in [0.05, 0.1) is 33.0 Å². The van der Waals surface area contributed by atoms with Crippen molar-refractivity contribution in [2.45, 2.75) is 44.4 Å². The maximum Gasteiger partial charge on any atom is 0.407 e. The Bertz CT molecular complexity index is 716. The lowest BCUT2D eigenvalue weighted by atomic mass is 10.1. The molecule has 1 aliphatic rings. The molecule has 1 heterocycles. The highest BCUT2D eigenvalue weighted by molar-refractivity contribution is 5.67. The van der Waals surface area contributed by atoms with Crippen molar-refractivity contribution >= 4 is 12.1 Å². The first-order valence-electron chi connectivity index (χ1n) is 10.8. The van der Waals surface area contributed by atoms with Gasteiger partial charge in [-0.25, -0.2) is 4.79 Å². The second-order valence-corrected chi connectivity index (χ2v) is 7.65. The van der Waals surface area contributed by atoms with E-state index < -0.39 is 36.5 Å². The molecule has 186 valence electrons. The summed E-state index contributed by atoms with van der Waals surface area (Å²) in [7, 11) is 1.88. The molecule has 0 radical (unpaired) electrons. The van der Waals surface area contributed by atoms with Crippen molar-refractivity contribution in [3.05, 3.63) is 35.4 Å². The number of alkyl carbamates (subject to hydrolysis) is 1. The van der Waals surface area contributed by atoms with Crippen LogP contribution in [-0.4, -0.2) is 93.4 Å². The molecule has 0 aromatic heterocycles. The number of rotatable bonds is 14. The Balaban J connectivity index is 1.62. The van der Waals surface area contributed by atoms with Crippen molar-refractivity contribution in [2.75, 3.05) is 46.7 Å². The monoisotopic (exact) mass is 470 g/mol. The van der Waals surface area contributed by atoms with E-state index in [1.165, 1.54) is 6.92 Å². The fraction of sp³-hybridized carbons (Fsp3) is 0.636. The average Bonchev–Trinajstić information content (AvgIpc) is 3.26. The molecular weight excluding hydrogens is 436 g/mol. The Labute approximate surface area is 193 Å². The number of benzene rings is 1. The summed E-state index contributed by atoms with van der Waals surface area (Å²) in [5, 5.41) is 25.0. The maximum atomic E-state index is 11.9. The predicted octanol–water partition coefficient (Wildman–Crippen LogP) is -0.282. The van der Waals surface area contributed by atoms with Crippen LogP contribution in [0.1, 0.15) is 18.1 Å². The fourth-order valence-electron chi connectivity index (χ4n) is 3.07. The van der Waals surface area contributed by atoms with E-state index in [2.05, 4.69) is 10.6 Å². The first kappa shape index (κ1) is 27.0. The Hall–Kier alpha value is -2.28. The van der Waals surface area contributed by atoms with Crippen molar-refractivity contribution in [3.8, 4) is 0 Å².